The average molecular weight is 321 g/mol. The average Bonchev–Trinajstić information content (AvgIpc) is 2.93. The molecule has 0 spiro atoms. The third-order valence-corrected chi connectivity index (χ3v) is 4.60. The van der Waals surface area contributed by atoms with Crippen molar-refractivity contribution in [1.82, 2.24) is 0 Å². The normalized spacial score (nSPS) is 12.8. The number of fused-ring (bicyclic) bond motifs is 2. The number of halogens is 1. The van der Waals surface area contributed by atoms with E-state index in [0.29, 0.717) is 0 Å². The Morgan fingerprint density at radius 3 is 2.65 bits per heavy atom. The molecular formula is C19H13Br. The molecule has 0 N–H and O–H groups in total. The molecule has 0 unspecified atom stereocenters. The first-order chi connectivity index (χ1) is 9.83. The van der Waals surface area contributed by atoms with Crippen LogP contribution in [0.4, 0.5) is 0 Å². The summed E-state index contributed by atoms with van der Waals surface area (Å²) in [5, 5.41) is 2.59. The first-order valence-electron chi connectivity index (χ1n) is 6.80. The van der Waals surface area contributed by atoms with Crippen LogP contribution < -0.4 is 0 Å². The van der Waals surface area contributed by atoms with Crippen LogP contribution in [0, 0.1) is 0 Å². The Hall–Kier alpha value is -1.86. The van der Waals surface area contributed by atoms with E-state index in [-0.39, 0.29) is 0 Å². The second-order valence-electron chi connectivity index (χ2n) is 5.16. The van der Waals surface area contributed by atoms with Gasteiger partial charge in [0.2, 0.25) is 0 Å². The van der Waals surface area contributed by atoms with Crippen LogP contribution in [0.15, 0.2) is 65.1 Å². The maximum atomic E-state index is 3.74. The zero-order valence-electron chi connectivity index (χ0n) is 10.9. The lowest BCUT2D eigenvalue weighted by molar-refractivity contribution is 1.31. The monoisotopic (exact) mass is 320 g/mol. The standard InChI is InChI=1S/C19H13Br/c20-19-12-15-8-3-7-14(15)11-18(19)17-10-4-6-13-5-1-2-9-16(13)17/h1-6,8-12H,7H2. The van der Waals surface area contributed by atoms with Crippen LogP contribution in [0.2, 0.25) is 0 Å². The van der Waals surface area contributed by atoms with E-state index >= 15 is 0 Å². The Morgan fingerprint density at radius 2 is 1.70 bits per heavy atom. The predicted octanol–water partition coefficient (Wildman–Crippen LogP) is 5.84. The number of rotatable bonds is 1. The maximum absolute atomic E-state index is 3.74. The zero-order chi connectivity index (χ0) is 13.5. The molecule has 3 aromatic carbocycles. The molecule has 4 rings (SSSR count). The highest BCUT2D eigenvalue weighted by Crippen LogP contribution is 2.37. The summed E-state index contributed by atoms with van der Waals surface area (Å²) in [5.41, 5.74) is 5.32. The van der Waals surface area contributed by atoms with Crippen LogP contribution in [0.3, 0.4) is 0 Å². The molecule has 20 heavy (non-hydrogen) atoms. The molecule has 0 nitrogen and oxygen atoms in total. The van der Waals surface area contributed by atoms with Gasteiger partial charge in [-0.25, -0.2) is 0 Å². The molecule has 1 heteroatoms. The lowest BCUT2D eigenvalue weighted by atomic mass is 9.95. The fraction of sp³-hybridized carbons (Fsp3) is 0.0526. The molecule has 0 bridgehead atoms. The quantitative estimate of drug-likeness (QED) is 0.528. The molecule has 3 aromatic rings. The minimum atomic E-state index is 1.04. The van der Waals surface area contributed by atoms with Gasteiger partial charge < -0.3 is 0 Å². The molecule has 0 radical (unpaired) electrons. The summed E-state index contributed by atoms with van der Waals surface area (Å²) in [4.78, 5) is 0. The summed E-state index contributed by atoms with van der Waals surface area (Å²) in [6.07, 6.45) is 5.47. The summed E-state index contributed by atoms with van der Waals surface area (Å²) < 4.78 is 1.17. The van der Waals surface area contributed by atoms with Gasteiger partial charge >= 0.3 is 0 Å². The Morgan fingerprint density at radius 1 is 0.850 bits per heavy atom. The number of hydrogen-bond donors (Lipinski definition) is 0. The van der Waals surface area contributed by atoms with Crippen molar-refractivity contribution in [3.05, 3.63) is 76.3 Å². The summed E-state index contributed by atoms with van der Waals surface area (Å²) in [5.74, 6) is 0. The zero-order valence-corrected chi connectivity index (χ0v) is 12.5. The molecule has 0 atom stereocenters. The van der Waals surface area contributed by atoms with E-state index in [0.717, 1.165) is 6.42 Å². The lowest BCUT2D eigenvalue weighted by Gasteiger charge is -2.11. The maximum Gasteiger partial charge on any atom is 0.0260 e. The highest BCUT2D eigenvalue weighted by Gasteiger charge is 2.12. The van der Waals surface area contributed by atoms with Crippen molar-refractivity contribution in [1.29, 1.82) is 0 Å². The van der Waals surface area contributed by atoms with Gasteiger partial charge in [-0.3, -0.25) is 0 Å². The molecule has 0 amide bonds. The van der Waals surface area contributed by atoms with Gasteiger partial charge in [-0.15, -0.1) is 0 Å². The molecule has 0 saturated heterocycles. The fourth-order valence-corrected chi connectivity index (χ4v) is 3.52. The van der Waals surface area contributed by atoms with E-state index in [4.69, 9.17) is 0 Å². The van der Waals surface area contributed by atoms with E-state index in [1.165, 1.54) is 37.5 Å². The van der Waals surface area contributed by atoms with E-state index in [9.17, 15) is 0 Å². The minimum absolute atomic E-state index is 1.04. The van der Waals surface area contributed by atoms with Gasteiger partial charge in [0.05, 0.1) is 0 Å². The van der Waals surface area contributed by atoms with Crippen molar-refractivity contribution in [3.8, 4) is 11.1 Å². The van der Waals surface area contributed by atoms with E-state index in [2.05, 4.69) is 82.7 Å². The fourth-order valence-electron chi connectivity index (χ4n) is 2.94. The van der Waals surface area contributed by atoms with E-state index < -0.39 is 0 Å². The number of benzene rings is 3. The lowest BCUT2D eigenvalue weighted by Crippen LogP contribution is -1.88. The Bertz CT molecular complexity index is 838. The van der Waals surface area contributed by atoms with Gasteiger partial charge in [0.25, 0.3) is 0 Å². The van der Waals surface area contributed by atoms with Crippen LogP contribution in [0.5, 0.6) is 0 Å². The second kappa shape index (κ2) is 4.60. The molecule has 0 aromatic heterocycles. The molecule has 0 fully saturated rings. The minimum Gasteiger partial charge on any atom is -0.0795 e. The topological polar surface area (TPSA) is 0 Å². The SMILES string of the molecule is Brc1cc2c(cc1-c1cccc3ccccc13)CC=C2. The molecule has 96 valence electrons. The molecule has 1 aliphatic carbocycles. The molecule has 0 aliphatic heterocycles. The van der Waals surface area contributed by atoms with E-state index in [1.807, 2.05) is 0 Å². The summed E-state index contributed by atoms with van der Waals surface area (Å²) in [6, 6.07) is 19.6. The Kier molecular flexibility index (Phi) is 2.75. The summed E-state index contributed by atoms with van der Waals surface area (Å²) >= 11 is 3.74. The van der Waals surface area contributed by atoms with Gasteiger partial charge in [-0.05, 0) is 51.6 Å². The van der Waals surface area contributed by atoms with Crippen molar-refractivity contribution < 1.29 is 0 Å². The van der Waals surface area contributed by atoms with Crippen LogP contribution in [-0.4, -0.2) is 0 Å². The predicted molar refractivity (Wildman–Crippen MR) is 89.8 cm³/mol. The number of allylic oxidation sites excluding steroid dienone is 1. The van der Waals surface area contributed by atoms with Crippen molar-refractivity contribution in [3.63, 3.8) is 0 Å². The Balaban J connectivity index is 2.01. The van der Waals surface area contributed by atoms with E-state index in [1.54, 1.807) is 0 Å². The van der Waals surface area contributed by atoms with Crippen LogP contribution in [-0.2, 0) is 6.42 Å². The van der Waals surface area contributed by atoms with Crippen LogP contribution in [0.25, 0.3) is 28.0 Å². The number of hydrogen-bond acceptors (Lipinski definition) is 0. The largest absolute Gasteiger partial charge is 0.0795 e. The van der Waals surface area contributed by atoms with Crippen molar-refractivity contribution >= 4 is 32.8 Å². The molecular weight excluding hydrogens is 308 g/mol. The van der Waals surface area contributed by atoms with Crippen molar-refractivity contribution in [2.45, 2.75) is 6.42 Å². The Labute approximate surface area is 126 Å². The summed E-state index contributed by atoms with van der Waals surface area (Å²) in [7, 11) is 0. The second-order valence-corrected chi connectivity index (χ2v) is 6.02. The first-order valence-corrected chi connectivity index (χ1v) is 7.59. The molecule has 0 saturated carbocycles. The van der Waals surface area contributed by atoms with Gasteiger partial charge in [0.1, 0.15) is 0 Å². The molecule has 1 aliphatic rings. The molecule has 0 heterocycles. The van der Waals surface area contributed by atoms with Crippen molar-refractivity contribution in [2.24, 2.45) is 0 Å². The van der Waals surface area contributed by atoms with Crippen molar-refractivity contribution in [2.75, 3.05) is 0 Å². The third kappa shape index (κ3) is 1.82. The van der Waals surface area contributed by atoms with Gasteiger partial charge in [0, 0.05) is 4.47 Å². The van der Waals surface area contributed by atoms with Gasteiger partial charge in [-0.1, -0.05) is 70.5 Å². The summed E-state index contributed by atoms with van der Waals surface area (Å²) in [6.45, 7) is 0. The highest BCUT2D eigenvalue weighted by atomic mass is 79.9. The van der Waals surface area contributed by atoms with Gasteiger partial charge in [-0.2, -0.15) is 0 Å². The first kappa shape index (κ1) is 11.9. The smallest absolute Gasteiger partial charge is 0.0260 e. The van der Waals surface area contributed by atoms with Gasteiger partial charge in [0.15, 0.2) is 0 Å². The third-order valence-electron chi connectivity index (χ3n) is 3.94. The van der Waals surface area contributed by atoms with Crippen LogP contribution >= 0.6 is 15.9 Å². The highest BCUT2D eigenvalue weighted by molar-refractivity contribution is 9.10. The van der Waals surface area contributed by atoms with Crippen LogP contribution in [0.1, 0.15) is 11.1 Å².